The highest BCUT2D eigenvalue weighted by Crippen LogP contribution is 2.32. The first-order chi connectivity index (χ1) is 15.8. The first-order valence-electron chi connectivity index (χ1n) is 10.1. The van der Waals surface area contributed by atoms with Crippen molar-refractivity contribution >= 4 is 28.0 Å². The number of aromatic amines is 1. The number of nitrogens with one attached hydrogen (secondary N) is 1. The highest BCUT2D eigenvalue weighted by atomic mass is 19.4. The summed E-state index contributed by atoms with van der Waals surface area (Å²) < 4.78 is 41.0. The van der Waals surface area contributed by atoms with Crippen LogP contribution >= 0.6 is 0 Å². The van der Waals surface area contributed by atoms with E-state index in [1.165, 1.54) is 18.3 Å². The van der Waals surface area contributed by atoms with Gasteiger partial charge in [0.2, 0.25) is 0 Å². The zero-order valence-corrected chi connectivity index (χ0v) is 17.4. The van der Waals surface area contributed by atoms with Crippen LogP contribution in [-0.2, 0) is 6.18 Å². The second-order valence-corrected chi connectivity index (χ2v) is 7.60. The number of rotatable bonds is 3. The monoisotopic (exact) mass is 446 g/mol. The van der Waals surface area contributed by atoms with Crippen molar-refractivity contribution < 1.29 is 13.2 Å². The van der Waals surface area contributed by atoms with Crippen molar-refractivity contribution in [3.63, 3.8) is 0 Å². The van der Waals surface area contributed by atoms with E-state index in [1.54, 1.807) is 24.3 Å². The summed E-state index contributed by atoms with van der Waals surface area (Å²) in [6.07, 6.45) is -2.99. The third-order valence-electron chi connectivity index (χ3n) is 5.45. The number of nitrogens with zero attached hydrogens (tertiary/aromatic N) is 3. The van der Waals surface area contributed by atoms with Gasteiger partial charge in [0.05, 0.1) is 22.7 Å². The van der Waals surface area contributed by atoms with Crippen LogP contribution in [0.4, 0.5) is 13.2 Å². The van der Waals surface area contributed by atoms with Crippen LogP contribution in [-0.4, -0.2) is 20.9 Å². The van der Waals surface area contributed by atoms with Gasteiger partial charge in [-0.05, 0) is 37.3 Å². The molecule has 8 heteroatoms. The number of H-pyrrole nitrogens is 1. The molecular formula is C25H17F3N4O. The maximum atomic E-state index is 13.3. The van der Waals surface area contributed by atoms with Crippen LogP contribution in [0.15, 0.2) is 82.7 Å². The minimum atomic E-state index is -4.53. The van der Waals surface area contributed by atoms with Crippen LogP contribution in [0.25, 0.3) is 33.2 Å². The summed E-state index contributed by atoms with van der Waals surface area (Å²) in [6, 6.07) is 19.0. The van der Waals surface area contributed by atoms with Gasteiger partial charge in [0.1, 0.15) is 0 Å². The molecule has 0 saturated heterocycles. The Morgan fingerprint density at radius 3 is 2.48 bits per heavy atom. The van der Waals surface area contributed by atoms with Crippen LogP contribution in [0.1, 0.15) is 16.8 Å². The van der Waals surface area contributed by atoms with Crippen molar-refractivity contribution in [3.05, 3.63) is 100.0 Å². The fraction of sp³-hybridized carbons (Fsp3) is 0.0800. The Morgan fingerprint density at radius 2 is 1.70 bits per heavy atom. The van der Waals surface area contributed by atoms with Gasteiger partial charge in [0.25, 0.3) is 5.56 Å². The second-order valence-electron chi connectivity index (χ2n) is 7.60. The molecular weight excluding hydrogens is 429 g/mol. The van der Waals surface area contributed by atoms with Gasteiger partial charge in [-0.2, -0.15) is 22.9 Å². The Balaban J connectivity index is 1.75. The lowest BCUT2D eigenvalue weighted by atomic mass is 10.1. The van der Waals surface area contributed by atoms with Crippen LogP contribution in [0, 0.1) is 6.92 Å². The highest BCUT2D eigenvalue weighted by Gasteiger charge is 2.31. The number of para-hydroxylation sites is 2. The summed E-state index contributed by atoms with van der Waals surface area (Å²) in [5.41, 5.74) is 1.76. The van der Waals surface area contributed by atoms with Gasteiger partial charge in [-0.3, -0.25) is 4.79 Å². The average Bonchev–Trinajstić information content (AvgIpc) is 3.13. The van der Waals surface area contributed by atoms with E-state index < -0.39 is 17.3 Å². The number of fused-ring (bicyclic) bond motifs is 2. The van der Waals surface area contributed by atoms with Crippen molar-refractivity contribution in [1.82, 2.24) is 14.6 Å². The molecule has 0 radical (unpaired) electrons. The molecule has 2 heterocycles. The standard InChI is InChI=1S/C25H17F3N4O/c1-15-20(18-9-2-4-11-21(18)30-15)14-29-32-23(16-7-6-8-17(13-16)25(26,27)28)31-22-12-5-3-10-19(22)24(32)33/h2-14,30H,1H3. The van der Waals surface area contributed by atoms with E-state index in [2.05, 4.69) is 15.1 Å². The van der Waals surface area contributed by atoms with Crippen LogP contribution < -0.4 is 5.56 Å². The van der Waals surface area contributed by atoms with Crippen molar-refractivity contribution in [3.8, 4) is 11.4 Å². The van der Waals surface area contributed by atoms with Gasteiger partial charge in [-0.25, -0.2) is 4.98 Å². The molecule has 3 aromatic carbocycles. The number of benzene rings is 3. The quantitative estimate of drug-likeness (QED) is 0.359. The van der Waals surface area contributed by atoms with E-state index in [0.717, 1.165) is 39.0 Å². The minimum absolute atomic E-state index is 0.0264. The van der Waals surface area contributed by atoms with Crippen LogP contribution in [0.2, 0.25) is 0 Å². The van der Waals surface area contributed by atoms with Crippen LogP contribution in [0.5, 0.6) is 0 Å². The average molecular weight is 446 g/mol. The van der Waals surface area contributed by atoms with E-state index in [-0.39, 0.29) is 11.4 Å². The predicted octanol–water partition coefficient (Wildman–Crippen LogP) is 5.75. The van der Waals surface area contributed by atoms with E-state index in [9.17, 15) is 18.0 Å². The van der Waals surface area contributed by atoms with Gasteiger partial charge in [-0.15, -0.1) is 0 Å². The normalized spacial score (nSPS) is 12.2. The fourth-order valence-electron chi connectivity index (χ4n) is 3.83. The molecule has 5 rings (SSSR count). The zero-order chi connectivity index (χ0) is 23.2. The van der Waals surface area contributed by atoms with E-state index in [1.807, 2.05) is 31.2 Å². The first-order valence-corrected chi connectivity index (χ1v) is 10.1. The molecule has 0 aliphatic rings. The lowest BCUT2D eigenvalue weighted by molar-refractivity contribution is -0.137. The minimum Gasteiger partial charge on any atom is -0.358 e. The lowest BCUT2D eigenvalue weighted by Crippen LogP contribution is -2.20. The second kappa shape index (κ2) is 7.74. The molecule has 5 nitrogen and oxygen atoms in total. The fourth-order valence-corrected chi connectivity index (χ4v) is 3.83. The number of aromatic nitrogens is 3. The predicted molar refractivity (Wildman–Crippen MR) is 122 cm³/mol. The summed E-state index contributed by atoms with van der Waals surface area (Å²) >= 11 is 0. The maximum absolute atomic E-state index is 13.3. The lowest BCUT2D eigenvalue weighted by Gasteiger charge is -2.12. The Kier molecular flexibility index (Phi) is 4.85. The molecule has 0 spiro atoms. The molecule has 33 heavy (non-hydrogen) atoms. The summed E-state index contributed by atoms with van der Waals surface area (Å²) in [7, 11) is 0. The third kappa shape index (κ3) is 3.69. The Labute approximate surface area is 185 Å². The van der Waals surface area contributed by atoms with Crippen molar-refractivity contribution in [2.45, 2.75) is 13.1 Å². The molecule has 2 aromatic heterocycles. The molecule has 0 unspecified atom stereocenters. The molecule has 0 amide bonds. The molecule has 0 fully saturated rings. The zero-order valence-electron chi connectivity index (χ0n) is 17.4. The van der Waals surface area contributed by atoms with E-state index in [0.29, 0.717) is 10.9 Å². The highest BCUT2D eigenvalue weighted by molar-refractivity contribution is 6.00. The van der Waals surface area contributed by atoms with Gasteiger partial charge in [0.15, 0.2) is 5.82 Å². The molecule has 0 saturated carbocycles. The third-order valence-corrected chi connectivity index (χ3v) is 5.45. The van der Waals surface area contributed by atoms with Crippen molar-refractivity contribution in [2.75, 3.05) is 0 Å². The number of hydrogen-bond donors (Lipinski definition) is 1. The summed E-state index contributed by atoms with van der Waals surface area (Å²) in [6.45, 7) is 1.89. The molecule has 0 bridgehead atoms. The topological polar surface area (TPSA) is 63.0 Å². The summed E-state index contributed by atoms with van der Waals surface area (Å²) in [5, 5.41) is 5.63. The molecule has 1 N–H and O–H groups in total. The smallest absolute Gasteiger partial charge is 0.358 e. The SMILES string of the molecule is Cc1[nH]c2ccccc2c1C=Nn1c(-c2cccc(C(F)(F)F)c2)nc2ccccc2c1=O. The molecule has 0 atom stereocenters. The largest absolute Gasteiger partial charge is 0.416 e. The van der Waals surface area contributed by atoms with Crippen molar-refractivity contribution in [2.24, 2.45) is 5.10 Å². The number of halogens is 3. The number of alkyl halides is 3. The molecule has 5 aromatic rings. The van der Waals surface area contributed by atoms with Gasteiger partial charge in [0, 0.05) is 27.7 Å². The molecule has 0 aliphatic heterocycles. The van der Waals surface area contributed by atoms with Gasteiger partial charge >= 0.3 is 6.18 Å². The maximum Gasteiger partial charge on any atom is 0.416 e. The Morgan fingerprint density at radius 1 is 0.970 bits per heavy atom. The van der Waals surface area contributed by atoms with Crippen molar-refractivity contribution in [1.29, 1.82) is 0 Å². The van der Waals surface area contributed by atoms with Gasteiger partial charge < -0.3 is 4.98 Å². The van der Waals surface area contributed by atoms with Gasteiger partial charge in [-0.1, -0.05) is 42.5 Å². The molecule has 0 aliphatic carbocycles. The van der Waals surface area contributed by atoms with E-state index in [4.69, 9.17) is 0 Å². The Hall–Kier alpha value is -4.20. The van der Waals surface area contributed by atoms with Crippen LogP contribution in [0.3, 0.4) is 0 Å². The number of aryl methyl sites for hydroxylation is 1. The Bertz CT molecular complexity index is 1600. The number of hydrogen-bond acceptors (Lipinski definition) is 3. The van der Waals surface area contributed by atoms with E-state index >= 15 is 0 Å². The first kappa shape index (κ1) is 20.7. The summed E-state index contributed by atoms with van der Waals surface area (Å²) in [4.78, 5) is 21.0. The molecule has 164 valence electrons. The summed E-state index contributed by atoms with van der Waals surface area (Å²) in [5.74, 6) is 0.0264.